The van der Waals surface area contributed by atoms with E-state index in [2.05, 4.69) is 17.2 Å². The molecule has 0 unspecified atom stereocenters. The predicted molar refractivity (Wildman–Crippen MR) is 67.8 cm³/mol. The molecule has 0 saturated heterocycles. The number of pyridine rings is 1. The summed E-state index contributed by atoms with van der Waals surface area (Å²) in [5, 5.41) is 11.8. The van der Waals surface area contributed by atoms with Gasteiger partial charge in [-0.2, -0.15) is 5.26 Å². The highest BCUT2D eigenvalue weighted by Gasteiger charge is 1.94. The van der Waals surface area contributed by atoms with Crippen molar-refractivity contribution in [1.82, 2.24) is 4.98 Å². The molecule has 1 heterocycles. The first-order valence-corrected chi connectivity index (χ1v) is 6.04. The van der Waals surface area contributed by atoms with Gasteiger partial charge in [-0.25, -0.2) is 4.98 Å². The number of anilines is 1. The summed E-state index contributed by atoms with van der Waals surface area (Å²) in [5.41, 5.74) is 0.582. The molecule has 0 aromatic carbocycles. The van der Waals surface area contributed by atoms with Gasteiger partial charge in [-0.1, -0.05) is 13.3 Å². The molecule has 0 aliphatic carbocycles. The van der Waals surface area contributed by atoms with Crippen LogP contribution in [0.5, 0.6) is 0 Å². The third kappa shape index (κ3) is 5.88. The van der Waals surface area contributed by atoms with Gasteiger partial charge in [-0.15, -0.1) is 0 Å². The number of hydrogen-bond acceptors (Lipinski definition) is 4. The average Bonchev–Trinajstić information content (AvgIpc) is 2.38. The molecule has 1 aromatic rings. The number of unbranched alkanes of at least 4 members (excludes halogenated alkanes) is 1. The Bertz CT molecular complexity index is 343. The fourth-order valence-electron chi connectivity index (χ4n) is 1.30. The molecular weight excluding hydrogens is 214 g/mol. The van der Waals surface area contributed by atoms with E-state index >= 15 is 0 Å². The molecule has 4 nitrogen and oxygen atoms in total. The first kappa shape index (κ1) is 13.5. The Hall–Kier alpha value is -1.60. The van der Waals surface area contributed by atoms with E-state index in [0.717, 1.165) is 38.4 Å². The number of nitrogens with one attached hydrogen (secondary N) is 1. The highest BCUT2D eigenvalue weighted by Crippen LogP contribution is 2.03. The fraction of sp³-hybridized carbons (Fsp3) is 0.538. The summed E-state index contributed by atoms with van der Waals surface area (Å²) in [6, 6.07) is 5.61. The molecule has 0 saturated carbocycles. The molecule has 0 amide bonds. The van der Waals surface area contributed by atoms with Gasteiger partial charge in [-0.05, 0) is 25.0 Å². The van der Waals surface area contributed by atoms with Crippen LogP contribution in [0.2, 0.25) is 0 Å². The van der Waals surface area contributed by atoms with Crippen LogP contribution in [0, 0.1) is 11.3 Å². The minimum absolute atomic E-state index is 0.582. The second kappa shape index (κ2) is 8.54. The van der Waals surface area contributed by atoms with E-state index in [4.69, 9.17) is 10.00 Å². The zero-order chi connectivity index (χ0) is 12.3. The molecule has 0 aliphatic heterocycles. The molecule has 92 valence electrons. The van der Waals surface area contributed by atoms with Gasteiger partial charge in [0.15, 0.2) is 0 Å². The first-order valence-electron chi connectivity index (χ1n) is 6.04. The van der Waals surface area contributed by atoms with Gasteiger partial charge < -0.3 is 10.1 Å². The van der Waals surface area contributed by atoms with Gasteiger partial charge in [0.2, 0.25) is 0 Å². The lowest BCUT2D eigenvalue weighted by Crippen LogP contribution is -2.07. The smallest absolute Gasteiger partial charge is 0.125 e. The standard InChI is InChI=1S/C13H19N3O/c1-2-3-8-17-9-4-7-15-13-6-5-12(10-14)11-16-13/h5-6,11H,2-4,7-9H2,1H3,(H,15,16). The van der Waals surface area contributed by atoms with Crippen molar-refractivity contribution in [3.8, 4) is 6.07 Å². The van der Waals surface area contributed by atoms with Crippen molar-refractivity contribution in [2.45, 2.75) is 26.2 Å². The van der Waals surface area contributed by atoms with Gasteiger partial charge in [0.25, 0.3) is 0 Å². The van der Waals surface area contributed by atoms with Gasteiger partial charge in [-0.3, -0.25) is 0 Å². The van der Waals surface area contributed by atoms with Crippen LogP contribution in [0.1, 0.15) is 31.7 Å². The van der Waals surface area contributed by atoms with E-state index in [9.17, 15) is 0 Å². The molecule has 0 spiro atoms. The van der Waals surface area contributed by atoms with Crippen molar-refractivity contribution < 1.29 is 4.74 Å². The summed E-state index contributed by atoms with van der Waals surface area (Å²) in [7, 11) is 0. The van der Waals surface area contributed by atoms with Crippen LogP contribution in [-0.2, 0) is 4.74 Å². The maximum atomic E-state index is 8.62. The lowest BCUT2D eigenvalue weighted by atomic mass is 10.3. The summed E-state index contributed by atoms with van der Waals surface area (Å²) in [5.74, 6) is 0.803. The molecule has 1 rings (SSSR count). The van der Waals surface area contributed by atoms with Crippen molar-refractivity contribution in [3.63, 3.8) is 0 Å². The maximum Gasteiger partial charge on any atom is 0.125 e. The van der Waals surface area contributed by atoms with Gasteiger partial charge >= 0.3 is 0 Å². The van der Waals surface area contributed by atoms with Crippen LogP contribution in [-0.4, -0.2) is 24.7 Å². The molecule has 0 fully saturated rings. The predicted octanol–water partition coefficient (Wildman–Crippen LogP) is 2.57. The highest BCUT2D eigenvalue weighted by molar-refractivity contribution is 5.38. The van der Waals surface area contributed by atoms with E-state index in [1.165, 1.54) is 6.42 Å². The topological polar surface area (TPSA) is 57.9 Å². The molecule has 1 N–H and O–H groups in total. The third-order valence-electron chi connectivity index (χ3n) is 2.31. The van der Waals surface area contributed by atoms with E-state index in [1.807, 2.05) is 12.1 Å². The largest absolute Gasteiger partial charge is 0.381 e. The zero-order valence-electron chi connectivity index (χ0n) is 10.3. The number of hydrogen-bond donors (Lipinski definition) is 1. The minimum Gasteiger partial charge on any atom is -0.381 e. The number of rotatable bonds is 8. The number of ether oxygens (including phenoxy) is 1. The normalized spacial score (nSPS) is 9.88. The van der Waals surface area contributed by atoms with Gasteiger partial charge in [0.1, 0.15) is 11.9 Å². The van der Waals surface area contributed by atoms with Crippen molar-refractivity contribution >= 4 is 5.82 Å². The SMILES string of the molecule is CCCCOCCCNc1ccc(C#N)cn1. The minimum atomic E-state index is 0.582. The summed E-state index contributed by atoms with van der Waals surface area (Å²) in [4.78, 5) is 4.12. The van der Waals surface area contributed by atoms with Crippen LogP contribution in [0.15, 0.2) is 18.3 Å². The molecule has 1 aromatic heterocycles. The monoisotopic (exact) mass is 233 g/mol. The average molecular weight is 233 g/mol. The van der Waals surface area contributed by atoms with E-state index < -0.39 is 0 Å². The number of nitriles is 1. The highest BCUT2D eigenvalue weighted by atomic mass is 16.5. The second-order valence-electron chi connectivity index (χ2n) is 3.79. The molecule has 17 heavy (non-hydrogen) atoms. The Labute approximate surface area is 103 Å². The van der Waals surface area contributed by atoms with Crippen LogP contribution in [0.25, 0.3) is 0 Å². The Balaban J connectivity index is 2.08. The number of nitrogens with zero attached hydrogens (tertiary/aromatic N) is 2. The number of aromatic nitrogens is 1. The van der Waals surface area contributed by atoms with Crippen LogP contribution >= 0.6 is 0 Å². The summed E-state index contributed by atoms with van der Waals surface area (Å²) in [6.45, 7) is 4.63. The molecular formula is C13H19N3O. The zero-order valence-corrected chi connectivity index (χ0v) is 10.3. The lowest BCUT2D eigenvalue weighted by Gasteiger charge is -2.06. The van der Waals surface area contributed by atoms with Crippen molar-refractivity contribution in [2.75, 3.05) is 25.1 Å². The quantitative estimate of drug-likeness (QED) is 0.701. The Morgan fingerprint density at radius 2 is 2.18 bits per heavy atom. The third-order valence-corrected chi connectivity index (χ3v) is 2.31. The Kier molecular flexibility index (Phi) is 6.76. The Morgan fingerprint density at radius 1 is 1.35 bits per heavy atom. The van der Waals surface area contributed by atoms with E-state index in [0.29, 0.717) is 5.56 Å². The molecule has 0 radical (unpaired) electrons. The summed E-state index contributed by atoms with van der Waals surface area (Å²) in [6.07, 6.45) is 4.84. The van der Waals surface area contributed by atoms with E-state index in [1.54, 1.807) is 12.3 Å². The summed E-state index contributed by atoms with van der Waals surface area (Å²) < 4.78 is 5.45. The van der Waals surface area contributed by atoms with Crippen LogP contribution in [0.3, 0.4) is 0 Å². The van der Waals surface area contributed by atoms with Crippen molar-refractivity contribution in [3.05, 3.63) is 23.9 Å². The van der Waals surface area contributed by atoms with Crippen molar-refractivity contribution in [1.29, 1.82) is 5.26 Å². The molecule has 4 heteroatoms. The maximum absolute atomic E-state index is 8.62. The molecule has 0 bridgehead atoms. The fourth-order valence-corrected chi connectivity index (χ4v) is 1.30. The molecule has 0 atom stereocenters. The van der Waals surface area contributed by atoms with E-state index in [-0.39, 0.29) is 0 Å². The van der Waals surface area contributed by atoms with Gasteiger partial charge in [0.05, 0.1) is 5.56 Å². The Morgan fingerprint density at radius 3 is 2.82 bits per heavy atom. The van der Waals surface area contributed by atoms with Crippen LogP contribution in [0.4, 0.5) is 5.82 Å². The second-order valence-corrected chi connectivity index (χ2v) is 3.79. The first-order chi connectivity index (χ1) is 8.36. The van der Waals surface area contributed by atoms with Crippen molar-refractivity contribution in [2.24, 2.45) is 0 Å². The lowest BCUT2D eigenvalue weighted by molar-refractivity contribution is 0.131. The molecule has 0 aliphatic rings. The van der Waals surface area contributed by atoms with Crippen LogP contribution < -0.4 is 5.32 Å². The summed E-state index contributed by atoms with van der Waals surface area (Å²) >= 11 is 0. The van der Waals surface area contributed by atoms with Gasteiger partial charge in [0, 0.05) is 26.0 Å².